The summed E-state index contributed by atoms with van der Waals surface area (Å²) in [5.41, 5.74) is 6.77. The fourth-order valence-electron chi connectivity index (χ4n) is 1.77. The van der Waals surface area contributed by atoms with Gasteiger partial charge in [0.1, 0.15) is 6.04 Å². The number of nitrogens with two attached hydrogens (primary N) is 1. The van der Waals surface area contributed by atoms with E-state index in [1.54, 1.807) is 0 Å². The van der Waals surface area contributed by atoms with Crippen molar-refractivity contribution in [3.63, 3.8) is 0 Å². The van der Waals surface area contributed by atoms with E-state index >= 15 is 0 Å². The highest BCUT2D eigenvalue weighted by molar-refractivity contribution is 5.85. The Morgan fingerprint density at radius 3 is 2.50 bits per heavy atom. The number of carbonyl (C=O) groups excluding carboxylic acids is 2. The fourth-order valence-corrected chi connectivity index (χ4v) is 1.77. The molecule has 1 rings (SSSR count). The maximum absolute atomic E-state index is 11.8. The summed E-state index contributed by atoms with van der Waals surface area (Å²) < 4.78 is 0. The van der Waals surface area contributed by atoms with Crippen molar-refractivity contribution in [1.29, 1.82) is 0 Å². The second kappa shape index (κ2) is 7.28. The van der Waals surface area contributed by atoms with Crippen molar-refractivity contribution in [2.45, 2.75) is 32.2 Å². The van der Waals surface area contributed by atoms with E-state index in [-0.39, 0.29) is 19.3 Å². The molecule has 6 heteroatoms. The Labute approximate surface area is 117 Å². The predicted molar refractivity (Wildman–Crippen MR) is 72.9 cm³/mol. The first-order chi connectivity index (χ1) is 9.40. The van der Waals surface area contributed by atoms with Gasteiger partial charge in [0.05, 0.1) is 6.42 Å². The van der Waals surface area contributed by atoms with Crippen LogP contribution in [0.1, 0.15) is 24.0 Å². The molecule has 0 saturated heterocycles. The Hall–Kier alpha value is -2.37. The van der Waals surface area contributed by atoms with Crippen molar-refractivity contribution in [3.8, 4) is 0 Å². The average molecular weight is 278 g/mol. The van der Waals surface area contributed by atoms with Crippen molar-refractivity contribution in [3.05, 3.63) is 35.4 Å². The van der Waals surface area contributed by atoms with Crippen LogP contribution in [0.5, 0.6) is 0 Å². The predicted octanol–water partition coefficient (Wildman–Crippen LogP) is 0.372. The summed E-state index contributed by atoms with van der Waals surface area (Å²) in [4.78, 5) is 33.5. The molecule has 0 saturated carbocycles. The van der Waals surface area contributed by atoms with Gasteiger partial charge in [-0.3, -0.25) is 9.59 Å². The van der Waals surface area contributed by atoms with Crippen molar-refractivity contribution >= 4 is 17.8 Å². The lowest BCUT2D eigenvalue weighted by Crippen LogP contribution is -2.42. The molecule has 0 aliphatic heterocycles. The molecule has 0 aliphatic rings. The lowest BCUT2D eigenvalue weighted by molar-refractivity contribution is -0.142. The number of aliphatic carboxylic acids is 1. The Balaban J connectivity index is 2.60. The monoisotopic (exact) mass is 278 g/mol. The van der Waals surface area contributed by atoms with E-state index in [9.17, 15) is 14.4 Å². The summed E-state index contributed by atoms with van der Waals surface area (Å²) in [5, 5.41) is 11.4. The molecule has 20 heavy (non-hydrogen) atoms. The van der Waals surface area contributed by atoms with Gasteiger partial charge in [0.2, 0.25) is 11.8 Å². The second-order valence-electron chi connectivity index (χ2n) is 4.57. The summed E-state index contributed by atoms with van der Waals surface area (Å²) in [7, 11) is 0. The van der Waals surface area contributed by atoms with Gasteiger partial charge in [-0.2, -0.15) is 0 Å². The van der Waals surface area contributed by atoms with E-state index in [0.29, 0.717) is 0 Å². The third kappa shape index (κ3) is 5.09. The van der Waals surface area contributed by atoms with Gasteiger partial charge in [0.25, 0.3) is 0 Å². The molecule has 6 nitrogen and oxygen atoms in total. The Bertz CT molecular complexity index is 514. The minimum Gasteiger partial charge on any atom is -0.480 e. The molecule has 1 atom stereocenters. The molecule has 0 spiro atoms. The number of rotatable bonds is 7. The van der Waals surface area contributed by atoms with E-state index in [1.807, 2.05) is 31.2 Å². The maximum atomic E-state index is 11.8. The molecular weight excluding hydrogens is 260 g/mol. The molecule has 0 aliphatic carbocycles. The summed E-state index contributed by atoms with van der Waals surface area (Å²) in [6.07, 6.45) is 0.0127. The molecule has 0 fully saturated rings. The number of hydrogen-bond donors (Lipinski definition) is 3. The van der Waals surface area contributed by atoms with Crippen LogP contribution in [-0.4, -0.2) is 28.9 Å². The normalized spacial score (nSPS) is 11.7. The zero-order valence-electron chi connectivity index (χ0n) is 11.3. The lowest BCUT2D eigenvalue weighted by Gasteiger charge is -2.14. The number of carboxylic acids is 1. The van der Waals surface area contributed by atoms with Crippen molar-refractivity contribution in [2.24, 2.45) is 5.73 Å². The number of aryl methyl sites for hydroxylation is 1. The van der Waals surface area contributed by atoms with Crippen molar-refractivity contribution in [2.75, 3.05) is 0 Å². The highest BCUT2D eigenvalue weighted by atomic mass is 16.4. The molecule has 1 aromatic rings. The van der Waals surface area contributed by atoms with E-state index in [1.165, 1.54) is 0 Å². The van der Waals surface area contributed by atoms with Crippen LogP contribution in [0.2, 0.25) is 0 Å². The van der Waals surface area contributed by atoms with Crippen LogP contribution in [0.3, 0.4) is 0 Å². The zero-order chi connectivity index (χ0) is 15.1. The number of amides is 2. The fraction of sp³-hybridized carbons (Fsp3) is 0.357. The summed E-state index contributed by atoms with van der Waals surface area (Å²) in [6, 6.07) is 6.28. The van der Waals surface area contributed by atoms with Gasteiger partial charge >= 0.3 is 5.97 Å². The summed E-state index contributed by atoms with van der Waals surface area (Å²) >= 11 is 0. The molecule has 0 unspecified atom stereocenters. The lowest BCUT2D eigenvalue weighted by atomic mass is 10.0. The maximum Gasteiger partial charge on any atom is 0.326 e. The molecule has 0 heterocycles. The smallest absolute Gasteiger partial charge is 0.326 e. The molecule has 0 aromatic heterocycles. The quantitative estimate of drug-likeness (QED) is 0.669. The minimum atomic E-state index is -1.18. The molecule has 108 valence electrons. The van der Waals surface area contributed by atoms with Gasteiger partial charge in [-0.25, -0.2) is 4.79 Å². The van der Waals surface area contributed by atoms with E-state index < -0.39 is 23.8 Å². The first-order valence-electron chi connectivity index (χ1n) is 6.25. The van der Waals surface area contributed by atoms with Gasteiger partial charge < -0.3 is 16.2 Å². The van der Waals surface area contributed by atoms with Crippen LogP contribution in [-0.2, 0) is 20.8 Å². The molecule has 0 radical (unpaired) electrons. The number of carboxylic acid groups (broad SMARTS) is 1. The van der Waals surface area contributed by atoms with Crippen LogP contribution < -0.4 is 11.1 Å². The van der Waals surface area contributed by atoms with Crippen molar-refractivity contribution < 1.29 is 19.5 Å². The topological polar surface area (TPSA) is 109 Å². The van der Waals surface area contributed by atoms with Gasteiger partial charge in [-0.1, -0.05) is 24.3 Å². The third-order valence-electron chi connectivity index (χ3n) is 2.92. The first kappa shape index (κ1) is 15.7. The SMILES string of the molecule is Cc1ccccc1CC(=O)N[C@H](CCC(N)=O)C(=O)O. The van der Waals surface area contributed by atoms with Crippen LogP contribution in [0.4, 0.5) is 0 Å². The molecule has 0 bridgehead atoms. The summed E-state index contributed by atoms with van der Waals surface area (Å²) in [6.45, 7) is 1.88. The van der Waals surface area contributed by atoms with E-state index in [0.717, 1.165) is 11.1 Å². The Morgan fingerprint density at radius 2 is 1.95 bits per heavy atom. The third-order valence-corrected chi connectivity index (χ3v) is 2.92. The van der Waals surface area contributed by atoms with E-state index in [4.69, 9.17) is 10.8 Å². The molecule has 2 amide bonds. The number of nitrogens with one attached hydrogen (secondary N) is 1. The second-order valence-corrected chi connectivity index (χ2v) is 4.57. The number of primary amides is 1. The van der Waals surface area contributed by atoms with E-state index in [2.05, 4.69) is 5.32 Å². The average Bonchev–Trinajstić information content (AvgIpc) is 2.36. The van der Waals surface area contributed by atoms with Crippen LogP contribution in [0.25, 0.3) is 0 Å². The number of hydrogen-bond acceptors (Lipinski definition) is 3. The number of carbonyl (C=O) groups is 3. The van der Waals surface area contributed by atoms with Gasteiger partial charge in [0, 0.05) is 6.42 Å². The highest BCUT2D eigenvalue weighted by Crippen LogP contribution is 2.08. The summed E-state index contributed by atoms with van der Waals surface area (Å²) in [5.74, 6) is -2.16. The van der Waals surface area contributed by atoms with Crippen LogP contribution in [0, 0.1) is 6.92 Å². The van der Waals surface area contributed by atoms with Gasteiger partial charge in [-0.05, 0) is 24.5 Å². The largest absolute Gasteiger partial charge is 0.480 e. The first-order valence-corrected chi connectivity index (χ1v) is 6.25. The number of benzene rings is 1. The van der Waals surface area contributed by atoms with Gasteiger partial charge in [-0.15, -0.1) is 0 Å². The zero-order valence-corrected chi connectivity index (χ0v) is 11.3. The Kier molecular flexibility index (Phi) is 5.71. The Morgan fingerprint density at radius 1 is 1.30 bits per heavy atom. The van der Waals surface area contributed by atoms with Crippen molar-refractivity contribution in [1.82, 2.24) is 5.32 Å². The van der Waals surface area contributed by atoms with Crippen LogP contribution in [0.15, 0.2) is 24.3 Å². The van der Waals surface area contributed by atoms with Gasteiger partial charge in [0.15, 0.2) is 0 Å². The molecule has 4 N–H and O–H groups in total. The molecule has 1 aromatic carbocycles. The van der Waals surface area contributed by atoms with Crippen LogP contribution >= 0.6 is 0 Å². The standard InChI is InChI=1S/C14H18N2O4/c1-9-4-2-3-5-10(9)8-13(18)16-11(14(19)20)6-7-12(15)17/h2-5,11H,6-8H2,1H3,(H2,15,17)(H,16,18)(H,19,20)/t11-/m1/s1. The minimum absolute atomic E-state index is 0.00974. The molecular formula is C14H18N2O4. The highest BCUT2D eigenvalue weighted by Gasteiger charge is 2.20.